The Hall–Kier alpha value is -2.33. The van der Waals surface area contributed by atoms with E-state index in [4.69, 9.17) is 11.6 Å². The van der Waals surface area contributed by atoms with Crippen LogP contribution in [0.4, 0.5) is 11.4 Å². The van der Waals surface area contributed by atoms with E-state index in [1.54, 1.807) is 24.3 Å². The summed E-state index contributed by atoms with van der Waals surface area (Å²) in [5.74, 6) is 6.04. The molecule has 2 aliphatic rings. The predicted molar refractivity (Wildman–Crippen MR) is 89.7 cm³/mol. The van der Waals surface area contributed by atoms with E-state index >= 15 is 0 Å². The van der Waals surface area contributed by atoms with Crippen molar-refractivity contribution >= 4 is 17.3 Å². The third-order valence-electron chi connectivity index (χ3n) is 4.59. The third-order valence-corrected chi connectivity index (χ3v) is 4.59. The van der Waals surface area contributed by atoms with Gasteiger partial charge >= 0.3 is 0 Å². The number of carbonyl (C=O) groups excluding carboxylic acids is 1. The Bertz CT molecular complexity index is 696. The molecule has 2 aliphatic carbocycles. The van der Waals surface area contributed by atoms with Gasteiger partial charge in [0, 0.05) is 5.69 Å². The average molecular weight is 295 g/mol. The summed E-state index contributed by atoms with van der Waals surface area (Å²) >= 11 is 0. The maximum atomic E-state index is 13.3. The molecule has 1 aromatic rings. The molecule has 1 amide bonds. The number of hydrogen-bond donors (Lipinski definition) is 2. The van der Waals surface area contributed by atoms with Crippen molar-refractivity contribution < 1.29 is 4.79 Å². The van der Waals surface area contributed by atoms with Crippen LogP contribution in [0.1, 0.15) is 20.8 Å². The Kier molecular flexibility index (Phi) is 3.04. The summed E-state index contributed by atoms with van der Waals surface area (Å²) in [5.41, 5.74) is 7.99. The summed E-state index contributed by atoms with van der Waals surface area (Å²) in [6, 6.07) is 7.01. The molecule has 0 heterocycles. The summed E-state index contributed by atoms with van der Waals surface area (Å²) in [4.78, 5) is 13.3. The number of allylic oxidation sites excluding steroid dienone is 4. The smallest absolute Gasteiger partial charge is 0.256 e. The Labute approximate surface area is 130 Å². The summed E-state index contributed by atoms with van der Waals surface area (Å²) in [7, 11) is 0. The summed E-state index contributed by atoms with van der Waals surface area (Å²) in [6.07, 6.45) is 8.04. The van der Waals surface area contributed by atoms with Gasteiger partial charge in [-0.2, -0.15) is 0 Å². The van der Waals surface area contributed by atoms with Gasteiger partial charge in [0.25, 0.3) is 5.91 Å². The maximum Gasteiger partial charge on any atom is 0.256 e. The zero-order chi connectivity index (χ0) is 16.1. The fraction of sp³-hybridized carbons (Fsp3) is 0.278. The molecule has 0 saturated heterocycles. The first-order chi connectivity index (χ1) is 10.3. The second-order valence-electron chi connectivity index (χ2n) is 6.84. The molecular formula is C18H21N3O. The van der Waals surface area contributed by atoms with Crippen molar-refractivity contribution in [3.8, 4) is 0 Å². The molecule has 0 fully saturated rings. The number of carbonyl (C=O) groups is 1. The summed E-state index contributed by atoms with van der Waals surface area (Å²) < 4.78 is 0. The fourth-order valence-corrected chi connectivity index (χ4v) is 3.50. The van der Waals surface area contributed by atoms with Gasteiger partial charge in [0.2, 0.25) is 0 Å². The lowest BCUT2D eigenvalue weighted by Crippen LogP contribution is -2.53. The van der Waals surface area contributed by atoms with Gasteiger partial charge in [0.05, 0.1) is 5.69 Å². The maximum absolute atomic E-state index is 13.3. The van der Waals surface area contributed by atoms with Crippen molar-refractivity contribution in [2.45, 2.75) is 20.8 Å². The molecule has 2 bridgehead atoms. The van der Waals surface area contributed by atoms with Gasteiger partial charge in [-0.1, -0.05) is 45.1 Å². The Morgan fingerprint density at radius 1 is 1.05 bits per heavy atom. The van der Waals surface area contributed by atoms with E-state index in [0.29, 0.717) is 11.4 Å². The molecule has 114 valence electrons. The van der Waals surface area contributed by atoms with Gasteiger partial charge in [-0.25, -0.2) is 10.9 Å². The van der Waals surface area contributed by atoms with Gasteiger partial charge < -0.3 is 5.73 Å². The molecular weight excluding hydrogens is 274 g/mol. The van der Waals surface area contributed by atoms with Crippen LogP contribution in [0.25, 0.3) is 0 Å². The van der Waals surface area contributed by atoms with Crippen LogP contribution < -0.4 is 16.6 Å². The van der Waals surface area contributed by atoms with Crippen LogP contribution in [0, 0.1) is 10.8 Å². The number of anilines is 2. The van der Waals surface area contributed by atoms with Crippen LogP contribution in [-0.4, -0.2) is 5.91 Å². The number of rotatable bonds is 2. The minimum Gasteiger partial charge on any atom is -0.399 e. The molecule has 1 aromatic carbocycles. The number of hydrazine groups is 1. The lowest BCUT2D eigenvalue weighted by Gasteiger charge is -2.43. The van der Waals surface area contributed by atoms with Crippen LogP contribution in [0.15, 0.2) is 59.7 Å². The average Bonchev–Trinajstić information content (AvgIpc) is 3.02. The largest absolute Gasteiger partial charge is 0.399 e. The number of amides is 1. The molecule has 0 saturated carbocycles. The van der Waals surface area contributed by atoms with Crippen molar-refractivity contribution in [1.29, 1.82) is 0 Å². The van der Waals surface area contributed by atoms with Crippen molar-refractivity contribution in [3.05, 3.63) is 59.7 Å². The molecule has 0 radical (unpaired) electrons. The first-order valence-corrected chi connectivity index (χ1v) is 7.34. The molecule has 0 aromatic heterocycles. The molecule has 0 aliphatic heterocycles. The zero-order valence-corrected chi connectivity index (χ0v) is 13.1. The summed E-state index contributed by atoms with van der Waals surface area (Å²) in [6.45, 7) is 6.21. The Morgan fingerprint density at radius 3 is 1.95 bits per heavy atom. The van der Waals surface area contributed by atoms with Crippen molar-refractivity contribution in [2.75, 3.05) is 10.7 Å². The summed E-state index contributed by atoms with van der Waals surface area (Å²) in [5, 5.41) is 1.24. The van der Waals surface area contributed by atoms with E-state index < -0.39 is 5.41 Å². The van der Waals surface area contributed by atoms with E-state index in [9.17, 15) is 4.79 Å². The van der Waals surface area contributed by atoms with E-state index in [-0.39, 0.29) is 11.3 Å². The molecule has 4 N–H and O–H groups in total. The van der Waals surface area contributed by atoms with Gasteiger partial charge in [-0.3, -0.25) is 4.79 Å². The van der Waals surface area contributed by atoms with Gasteiger partial charge in [-0.15, -0.1) is 0 Å². The van der Waals surface area contributed by atoms with Gasteiger partial charge in [-0.05, 0) is 40.8 Å². The van der Waals surface area contributed by atoms with Crippen LogP contribution in [0.2, 0.25) is 0 Å². The first-order valence-electron chi connectivity index (χ1n) is 7.34. The van der Waals surface area contributed by atoms with Crippen molar-refractivity contribution in [1.82, 2.24) is 0 Å². The van der Waals surface area contributed by atoms with Gasteiger partial charge in [0.15, 0.2) is 0 Å². The fourth-order valence-electron chi connectivity index (χ4n) is 3.50. The van der Waals surface area contributed by atoms with E-state index in [1.807, 2.05) is 24.3 Å². The Balaban J connectivity index is 2.04. The minimum absolute atomic E-state index is 0.121. The van der Waals surface area contributed by atoms with Crippen molar-refractivity contribution in [2.24, 2.45) is 16.7 Å². The molecule has 22 heavy (non-hydrogen) atoms. The van der Waals surface area contributed by atoms with Crippen LogP contribution in [0.3, 0.4) is 0 Å². The van der Waals surface area contributed by atoms with E-state index in [0.717, 1.165) is 11.1 Å². The van der Waals surface area contributed by atoms with Crippen molar-refractivity contribution in [3.63, 3.8) is 0 Å². The monoisotopic (exact) mass is 295 g/mol. The standard InChI is InChI=1S/C18H21N3O/c1-17(2,3)18(12-4-5-13(18)7-6-12)16(22)21(20)15-10-8-14(19)9-11-15/h4-11H,19-20H2,1-3H3. The topological polar surface area (TPSA) is 72.3 Å². The molecule has 0 atom stereocenters. The number of nitrogens with two attached hydrogens (primary N) is 2. The molecule has 4 nitrogen and oxygen atoms in total. The number of nitrogen functional groups attached to an aromatic ring is 1. The van der Waals surface area contributed by atoms with E-state index in [1.165, 1.54) is 5.01 Å². The number of fused-ring (bicyclic) bond motifs is 2. The Morgan fingerprint density at radius 2 is 1.55 bits per heavy atom. The SMILES string of the molecule is CC(C)(C)C1(C(=O)N(N)c2ccc(N)cc2)C2=CC=C1C=C2. The van der Waals surface area contributed by atoms with Crippen LogP contribution in [0.5, 0.6) is 0 Å². The second kappa shape index (κ2) is 4.58. The lowest BCUT2D eigenvalue weighted by atomic mass is 9.61. The van der Waals surface area contributed by atoms with E-state index in [2.05, 4.69) is 20.8 Å². The first kappa shape index (κ1) is 14.6. The predicted octanol–water partition coefficient (Wildman–Crippen LogP) is 2.94. The highest BCUT2D eigenvalue weighted by Gasteiger charge is 2.57. The third kappa shape index (κ3) is 1.77. The minimum atomic E-state index is -0.719. The highest BCUT2D eigenvalue weighted by molar-refractivity contribution is 6.04. The second-order valence-corrected chi connectivity index (χ2v) is 6.84. The normalized spacial score (nSPS) is 18.2. The number of benzene rings is 1. The number of hydrogen-bond acceptors (Lipinski definition) is 3. The number of nitrogens with zero attached hydrogens (tertiary/aromatic N) is 1. The molecule has 0 unspecified atom stereocenters. The molecule has 0 spiro atoms. The lowest BCUT2D eigenvalue weighted by molar-refractivity contribution is -0.128. The highest BCUT2D eigenvalue weighted by atomic mass is 16.2. The molecule has 3 rings (SSSR count). The van der Waals surface area contributed by atoms with Crippen LogP contribution in [-0.2, 0) is 4.79 Å². The quantitative estimate of drug-likeness (QED) is 0.381. The highest BCUT2D eigenvalue weighted by Crippen LogP contribution is 2.58. The van der Waals surface area contributed by atoms with Crippen LogP contribution >= 0.6 is 0 Å². The van der Waals surface area contributed by atoms with Gasteiger partial charge in [0.1, 0.15) is 5.41 Å². The zero-order valence-electron chi connectivity index (χ0n) is 13.1. The molecule has 4 heteroatoms.